The third kappa shape index (κ3) is 2.84. The first-order valence-electron chi connectivity index (χ1n) is 8.47. The summed E-state index contributed by atoms with van der Waals surface area (Å²) < 4.78 is 0. The maximum Gasteiger partial charge on any atom is -0.00257 e. The maximum absolute atomic E-state index is 2.47. The lowest BCUT2D eigenvalue weighted by molar-refractivity contribution is 0.331. The molecule has 0 aliphatic heterocycles. The standard InChI is InChI=1S/C22H28/c1-16-6-8-17(9-7-16)14-18-10-11-19-20(15-18)22(4,5)13-12-21(19,2)3/h6-11,15H,12-14H2,1-5H3. The van der Waals surface area contributed by atoms with Crippen LogP contribution in [0.3, 0.4) is 0 Å². The molecule has 0 saturated carbocycles. The molecule has 1 aliphatic rings. The van der Waals surface area contributed by atoms with E-state index in [9.17, 15) is 0 Å². The van der Waals surface area contributed by atoms with Crippen LogP contribution in [0.1, 0.15) is 68.4 Å². The van der Waals surface area contributed by atoms with Crippen LogP contribution in [-0.4, -0.2) is 0 Å². The number of rotatable bonds is 2. The molecule has 0 saturated heterocycles. The molecule has 0 nitrogen and oxygen atoms in total. The molecule has 0 amide bonds. The predicted molar refractivity (Wildman–Crippen MR) is 95.7 cm³/mol. The molecule has 3 rings (SSSR count). The van der Waals surface area contributed by atoms with Crippen LogP contribution in [0.5, 0.6) is 0 Å². The van der Waals surface area contributed by atoms with E-state index >= 15 is 0 Å². The van der Waals surface area contributed by atoms with Gasteiger partial charge in [-0.25, -0.2) is 0 Å². The summed E-state index contributed by atoms with van der Waals surface area (Å²) in [5.74, 6) is 0. The van der Waals surface area contributed by atoms with Gasteiger partial charge in [-0.15, -0.1) is 0 Å². The van der Waals surface area contributed by atoms with Crippen LogP contribution in [0.4, 0.5) is 0 Å². The Morgan fingerprint density at radius 3 is 1.91 bits per heavy atom. The zero-order chi connectivity index (χ0) is 16.0. The van der Waals surface area contributed by atoms with Gasteiger partial charge in [0.1, 0.15) is 0 Å². The summed E-state index contributed by atoms with van der Waals surface area (Å²) in [7, 11) is 0. The Labute approximate surface area is 135 Å². The van der Waals surface area contributed by atoms with Crippen LogP contribution in [0.15, 0.2) is 42.5 Å². The minimum absolute atomic E-state index is 0.300. The molecule has 0 aromatic heterocycles. The van der Waals surface area contributed by atoms with Crippen LogP contribution in [0.25, 0.3) is 0 Å². The molecule has 1 aliphatic carbocycles. The third-order valence-electron chi connectivity index (χ3n) is 5.45. The molecular weight excluding hydrogens is 264 g/mol. The van der Waals surface area contributed by atoms with Crippen molar-refractivity contribution in [2.75, 3.05) is 0 Å². The SMILES string of the molecule is Cc1ccc(Cc2ccc3c(c2)C(C)(C)CCC3(C)C)cc1. The van der Waals surface area contributed by atoms with Crippen molar-refractivity contribution in [3.63, 3.8) is 0 Å². The van der Waals surface area contributed by atoms with Gasteiger partial charge in [0, 0.05) is 0 Å². The monoisotopic (exact) mass is 292 g/mol. The number of benzene rings is 2. The largest absolute Gasteiger partial charge is 0.0590 e. The van der Waals surface area contributed by atoms with Gasteiger partial charge < -0.3 is 0 Å². The second kappa shape index (κ2) is 5.26. The summed E-state index contributed by atoms with van der Waals surface area (Å²) in [6.45, 7) is 11.7. The van der Waals surface area contributed by atoms with Gasteiger partial charge in [0.2, 0.25) is 0 Å². The summed E-state index contributed by atoms with van der Waals surface area (Å²) in [6.07, 6.45) is 3.59. The average Bonchev–Trinajstić information content (AvgIpc) is 2.47. The second-order valence-corrected chi connectivity index (χ2v) is 8.31. The molecule has 0 unspecified atom stereocenters. The fourth-order valence-corrected chi connectivity index (χ4v) is 3.69. The summed E-state index contributed by atoms with van der Waals surface area (Å²) in [5.41, 5.74) is 7.90. The quantitative estimate of drug-likeness (QED) is 0.643. The molecule has 0 atom stereocenters. The molecule has 2 aromatic rings. The normalized spacial score (nSPS) is 18.8. The molecule has 0 heterocycles. The van der Waals surface area contributed by atoms with Crippen molar-refractivity contribution in [1.29, 1.82) is 0 Å². The van der Waals surface area contributed by atoms with Crippen molar-refractivity contribution in [1.82, 2.24) is 0 Å². The zero-order valence-electron chi connectivity index (χ0n) is 14.7. The summed E-state index contributed by atoms with van der Waals surface area (Å²) in [6, 6.07) is 16.1. The highest BCUT2D eigenvalue weighted by molar-refractivity contribution is 5.44. The summed E-state index contributed by atoms with van der Waals surface area (Å²) in [4.78, 5) is 0. The first-order valence-corrected chi connectivity index (χ1v) is 8.47. The van der Waals surface area contributed by atoms with E-state index in [1.54, 1.807) is 11.1 Å². The Hall–Kier alpha value is -1.56. The topological polar surface area (TPSA) is 0 Å². The molecule has 0 bridgehead atoms. The molecule has 116 valence electrons. The molecule has 22 heavy (non-hydrogen) atoms. The van der Waals surface area contributed by atoms with Crippen molar-refractivity contribution < 1.29 is 0 Å². The van der Waals surface area contributed by atoms with Gasteiger partial charge in [0.15, 0.2) is 0 Å². The average molecular weight is 292 g/mol. The minimum Gasteiger partial charge on any atom is -0.0590 e. The van der Waals surface area contributed by atoms with E-state index in [0.29, 0.717) is 10.8 Å². The van der Waals surface area contributed by atoms with Crippen LogP contribution in [-0.2, 0) is 17.3 Å². The van der Waals surface area contributed by atoms with Gasteiger partial charge >= 0.3 is 0 Å². The molecule has 0 fully saturated rings. The Balaban J connectivity index is 1.97. The van der Waals surface area contributed by atoms with Gasteiger partial charge in [-0.05, 0) is 59.3 Å². The van der Waals surface area contributed by atoms with Gasteiger partial charge in [0.05, 0.1) is 0 Å². The second-order valence-electron chi connectivity index (χ2n) is 8.31. The molecular formula is C22H28. The van der Waals surface area contributed by atoms with E-state index in [-0.39, 0.29) is 0 Å². The summed E-state index contributed by atoms with van der Waals surface area (Å²) in [5, 5.41) is 0. The third-order valence-corrected chi connectivity index (χ3v) is 5.45. The molecule has 0 N–H and O–H groups in total. The van der Waals surface area contributed by atoms with Crippen LogP contribution < -0.4 is 0 Å². The van der Waals surface area contributed by atoms with E-state index in [1.807, 2.05) is 0 Å². The van der Waals surface area contributed by atoms with Gasteiger partial charge in [-0.1, -0.05) is 75.7 Å². The number of hydrogen-bond acceptors (Lipinski definition) is 0. The number of hydrogen-bond donors (Lipinski definition) is 0. The van der Waals surface area contributed by atoms with E-state index in [1.165, 1.54) is 29.5 Å². The molecule has 0 radical (unpaired) electrons. The van der Waals surface area contributed by atoms with E-state index in [4.69, 9.17) is 0 Å². The first-order chi connectivity index (χ1) is 10.3. The Kier molecular flexibility index (Phi) is 3.67. The minimum atomic E-state index is 0.300. The maximum atomic E-state index is 2.47. The van der Waals surface area contributed by atoms with Crippen molar-refractivity contribution in [2.45, 2.75) is 64.7 Å². The predicted octanol–water partition coefficient (Wildman–Crippen LogP) is 5.93. The molecule has 0 spiro atoms. The fraction of sp³-hybridized carbons (Fsp3) is 0.455. The molecule has 0 heteroatoms. The smallest absolute Gasteiger partial charge is 0.00257 e. The Morgan fingerprint density at radius 2 is 1.27 bits per heavy atom. The lowest BCUT2D eigenvalue weighted by Gasteiger charge is -2.42. The first kappa shape index (κ1) is 15.3. The van der Waals surface area contributed by atoms with E-state index in [0.717, 1.165) is 6.42 Å². The van der Waals surface area contributed by atoms with E-state index in [2.05, 4.69) is 77.1 Å². The van der Waals surface area contributed by atoms with Crippen LogP contribution in [0.2, 0.25) is 0 Å². The Bertz CT molecular complexity index is 672. The highest BCUT2D eigenvalue weighted by atomic mass is 14.4. The number of fused-ring (bicyclic) bond motifs is 1. The van der Waals surface area contributed by atoms with Gasteiger partial charge in [-0.3, -0.25) is 0 Å². The van der Waals surface area contributed by atoms with E-state index < -0.39 is 0 Å². The summed E-state index contributed by atoms with van der Waals surface area (Å²) >= 11 is 0. The highest BCUT2D eigenvalue weighted by Gasteiger charge is 2.36. The molecule has 2 aromatic carbocycles. The highest BCUT2D eigenvalue weighted by Crippen LogP contribution is 2.45. The van der Waals surface area contributed by atoms with Crippen molar-refractivity contribution in [3.05, 3.63) is 70.3 Å². The van der Waals surface area contributed by atoms with Crippen molar-refractivity contribution in [2.24, 2.45) is 0 Å². The van der Waals surface area contributed by atoms with Gasteiger partial charge in [0.25, 0.3) is 0 Å². The van der Waals surface area contributed by atoms with Crippen molar-refractivity contribution >= 4 is 0 Å². The lowest BCUT2D eigenvalue weighted by atomic mass is 9.63. The fourth-order valence-electron chi connectivity index (χ4n) is 3.69. The number of aryl methyl sites for hydroxylation is 1. The Morgan fingerprint density at radius 1 is 0.727 bits per heavy atom. The van der Waals surface area contributed by atoms with Crippen LogP contribution >= 0.6 is 0 Å². The van der Waals surface area contributed by atoms with Gasteiger partial charge in [-0.2, -0.15) is 0 Å². The lowest BCUT2D eigenvalue weighted by Crippen LogP contribution is -2.33. The van der Waals surface area contributed by atoms with Crippen LogP contribution in [0, 0.1) is 6.92 Å². The van der Waals surface area contributed by atoms with Crippen molar-refractivity contribution in [3.8, 4) is 0 Å². The zero-order valence-corrected chi connectivity index (χ0v) is 14.7.